The molecule has 0 saturated carbocycles. The molecule has 1 aliphatic heterocycles. The molecule has 1 saturated heterocycles. The fraction of sp³-hybridized carbons (Fsp3) is 0.321. The number of nitrogens with zero attached hydrogens (tertiary/aromatic N) is 3. The number of nitrogens with two attached hydrogens (primary N) is 1. The standard InChI is InChI=1S/C28H33N5O4/c1-19-14-22(15-20(2)30-19)17-37-24-10-8-23(9-11-24)27(35)31-25(26(29)34)28(36)33-13-12-32(18-33)16-21-6-4-3-5-7-21/h3-11,14-15,25,28,36H,12-13,16-18H2,1-2H3,(H2,29,34)(H,31,35)/t25-,28?/m1/s1. The van der Waals surface area contributed by atoms with Gasteiger partial charge in [0.05, 0.1) is 6.67 Å². The summed E-state index contributed by atoms with van der Waals surface area (Å²) in [6.45, 7) is 6.71. The van der Waals surface area contributed by atoms with Crippen LogP contribution in [-0.2, 0) is 17.9 Å². The average molecular weight is 504 g/mol. The molecule has 1 fully saturated rings. The molecule has 0 bridgehead atoms. The van der Waals surface area contributed by atoms with Gasteiger partial charge in [-0.05, 0) is 61.4 Å². The van der Waals surface area contributed by atoms with E-state index in [-0.39, 0.29) is 0 Å². The van der Waals surface area contributed by atoms with Crippen LogP contribution in [-0.4, -0.2) is 63.7 Å². The quantitative estimate of drug-likeness (QED) is 0.387. The highest BCUT2D eigenvalue weighted by atomic mass is 16.5. The third-order valence-electron chi connectivity index (χ3n) is 6.26. The van der Waals surface area contributed by atoms with E-state index in [1.165, 1.54) is 0 Å². The summed E-state index contributed by atoms with van der Waals surface area (Å²) in [6.07, 6.45) is -1.24. The van der Waals surface area contributed by atoms with Crippen molar-refractivity contribution in [3.05, 3.63) is 94.8 Å². The van der Waals surface area contributed by atoms with E-state index in [2.05, 4.69) is 15.2 Å². The van der Waals surface area contributed by atoms with E-state index < -0.39 is 24.1 Å². The Bertz CT molecular complexity index is 1200. The topological polar surface area (TPSA) is 121 Å². The first kappa shape index (κ1) is 26.3. The Morgan fingerprint density at radius 2 is 1.70 bits per heavy atom. The van der Waals surface area contributed by atoms with Crippen LogP contribution in [0.5, 0.6) is 5.75 Å². The summed E-state index contributed by atoms with van der Waals surface area (Å²) >= 11 is 0. The Hall–Kier alpha value is -3.79. The number of carbonyl (C=O) groups excluding carboxylic acids is 2. The minimum absolute atomic E-state index is 0.327. The molecular formula is C28H33N5O4. The molecule has 9 nitrogen and oxygen atoms in total. The molecule has 1 unspecified atom stereocenters. The molecule has 1 aromatic heterocycles. The van der Waals surface area contributed by atoms with Gasteiger partial charge >= 0.3 is 0 Å². The van der Waals surface area contributed by atoms with Gasteiger partial charge in [-0.15, -0.1) is 0 Å². The normalized spacial score (nSPS) is 15.8. The van der Waals surface area contributed by atoms with Crippen molar-refractivity contribution in [2.45, 2.75) is 39.3 Å². The van der Waals surface area contributed by atoms with Crippen LogP contribution in [0.2, 0.25) is 0 Å². The zero-order valence-electron chi connectivity index (χ0n) is 21.1. The number of benzene rings is 2. The molecule has 4 rings (SSSR count). The largest absolute Gasteiger partial charge is 0.489 e. The van der Waals surface area contributed by atoms with Crippen molar-refractivity contribution in [2.24, 2.45) is 5.73 Å². The Labute approximate surface area is 216 Å². The highest BCUT2D eigenvalue weighted by Crippen LogP contribution is 2.17. The van der Waals surface area contributed by atoms with Gasteiger partial charge in [0.2, 0.25) is 5.91 Å². The van der Waals surface area contributed by atoms with E-state index in [1.54, 1.807) is 29.2 Å². The number of amides is 2. The third kappa shape index (κ3) is 7.13. The van der Waals surface area contributed by atoms with Crippen molar-refractivity contribution in [3.8, 4) is 5.75 Å². The first-order valence-electron chi connectivity index (χ1n) is 12.2. The van der Waals surface area contributed by atoms with Crippen molar-refractivity contribution in [2.75, 3.05) is 19.8 Å². The smallest absolute Gasteiger partial charge is 0.252 e. The van der Waals surface area contributed by atoms with E-state index in [1.807, 2.05) is 56.3 Å². The van der Waals surface area contributed by atoms with Crippen molar-refractivity contribution < 1.29 is 19.4 Å². The maximum absolute atomic E-state index is 12.8. The van der Waals surface area contributed by atoms with Crippen molar-refractivity contribution in [1.82, 2.24) is 20.1 Å². The number of aliphatic hydroxyl groups is 1. The summed E-state index contributed by atoms with van der Waals surface area (Å²) in [5.41, 5.74) is 9.90. The van der Waals surface area contributed by atoms with E-state index in [4.69, 9.17) is 10.5 Å². The van der Waals surface area contributed by atoms with Gasteiger partial charge in [0, 0.05) is 36.6 Å². The molecule has 2 amide bonds. The van der Waals surface area contributed by atoms with Crippen molar-refractivity contribution in [3.63, 3.8) is 0 Å². The average Bonchev–Trinajstić information content (AvgIpc) is 3.34. The van der Waals surface area contributed by atoms with Crippen molar-refractivity contribution in [1.29, 1.82) is 0 Å². The predicted molar refractivity (Wildman–Crippen MR) is 139 cm³/mol. The van der Waals surface area contributed by atoms with Crippen molar-refractivity contribution >= 4 is 11.8 Å². The lowest BCUT2D eigenvalue weighted by atomic mass is 10.1. The summed E-state index contributed by atoms with van der Waals surface area (Å²) in [5, 5.41) is 13.5. The Kier molecular flexibility index (Phi) is 8.50. The van der Waals surface area contributed by atoms with Crippen LogP contribution >= 0.6 is 0 Å². The highest BCUT2D eigenvalue weighted by Gasteiger charge is 2.35. The van der Waals surface area contributed by atoms with Gasteiger partial charge in [-0.1, -0.05) is 30.3 Å². The van der Waals surface area contributed by atoms with Crippen LogP contribution in [0.1, 0.15) is 32.9 Å². The molecule has 0 radical (unpaired) electrons. The SMILES string of the molecule is Cc1cc(COc2ccc(C(=O)N[C@H](C(N)=O)C(O)N3CCN(Cc4ccccc4)C3)cc2)cc(C)n1. The molecule has 4 N–H and O–H groups in total. The number of hydrogen-bond donors (Lipinski definition) is 3. The lowest BCUT2D eigenvalue weighted by Gasteiger charge is -2.29. The molecular weight excluding hydrogens is 470 g/mol. The maximum atomic E-state index is 12.8. The van der Waals surface area contributed by atoms with Gasteiger partial charge in [0.1, 0.15) is 24.6 Å². The number of ether oxygens (including phenoxy) is 1. The van der Waals surface area contributed by atoms with Gasteiger partial charge in [0.15, 0.2) is 0 Å². The van der Waals surface area contributed by atoms with Gasteiger partial charge < -0.3 is 20.9 Å². The Morgan fingerprint density at radius 1 is 1.03 bits per heavy atom. The Balaban J connectivity index is 1.32. The van der Waals surface area contributed by atoms with E-state index in [9.17, 15) is 14.7 Å². The van der Waals surface area contributed by atoms with Gasteiger partial charge in [-0.2, -0.15) is 0 Å². The summed E-state index contributed by atoms with van der Waals surface area (Å²) in [6, 6.07) is 19.3. The summed E-state index contributed by atoms with van der Waals surface area (Å²) in [5.74, 6) is -0.703. The molecule has 2 aromatic carbocycles. The second-order valence-electron chi connectivity index (χ2n) is 9.33. The lowest BCUT2D eigenvalue weighted by Crippen LogP contribution is -2.57. The minimum atomic E-state index is -1.25. The monoisotopic (exact) mass is 503 g/mol. The molecule has 3 aromatic rings. The van der Waals surface area contributed by atoms with Crippen LogP contribution in [0, 0.1) is 13.8 Å². The number of primary amides is 1. The molecule has 194 valence electrons. The summed E-state index contributed by atoms with van der Waals surface area (Å²) < 4.78 is 5.83. The second kappa shape index (κ2) is 12.0. The molecule has 2 heterocycles. The van der Waals surface area contributed by atoms with E-state index in [0.29, 0.717) is 31.1 Å². The number of hydrogen-bond acceptors (Lipinski definition) is 7. The van der Waals surface area contributed by atoms with Crippen LogP contribution < -0.4 is 15.8 Å². The highest BCUT2D eigenvalue weighted by molar-refractivity contribution is 5.97. The molecule has 0 spiro atoms. The van der Waals surface area contributed by atoms with Gasteiger partial charge in [-0.3, -0.25) is 24.4 Å². The maximum Gasteiger partial charge on any atom is 0.252 e. The zero-order valence-corrected chi connectivity index (χ0v) is 21.1. The number of aryl methyl sites for hydroxylation is 2. The number of aliphatic hydroxyl groups excluding tert-OH is 1. The second-order valence-corrected chi connectivity index (χ2v) is 9.33. The van der Waals surface area contributed by atoms with Crippen LogP contribution in [0.15, 0.2) is 66.7 Å². The molecule has 37 heavy (non-hydrogen) atoms. The number of nitrogens with one attached hydrogen (secondary N) is 1. The minimum Gasteiger partial charge on any atom is -0.489 e. The number of carbonyl (C=O) groups is 2. The fourth-order valence-corrected chi connectivity index (χ4v) is 4.46. The van der Waals surface area contributed by atoms with Gasteiger partial charge in [-0.25, -0.2) is 0 Å². The summed E-state index contributed by atoms with van der Waals surface area (Å²) in [4.78, 5) is 33.2. The van der Waals surface area contributed by atoms with E-state index in [0.717, 1.165) is 35.6 Å². The zero-order chi connectivity index (χ0) is 26.4. The lowest BCUT2D eigenvalue weighted by molar-refractivity contribution is -0.126. The third-order valence-corrected chi connectivity index (χ3v) is 6.26. The first-order valence-corrected chi connectivity index (χ1v) is 12.2. The fourth-order valence-electron chi connectivity index (χ4n) is 4.46. The summed E-state index contributed by atoms with van der Waals surface area (Å²) in [7, 11) is 0. The number of pyridine rings is 1. The van der Waals surface area contributed by atoms with Gasteiger partial charge in [0.25, 0.3) is 5.91 Å². The molecule has 2 atom stereocenters. The Morgan fingerprint density at radius 3 is 2.35 bits per heavy atom. The van der Waals surface area contributed by atoms with Crippen LogP contribution in [0.3, 0.4) is 0 Å². The number of aromatic nitrogens is 1. The van der Waals surface area contributed by atoms with E-state index >= 15 is 0 Å². The van der Waals surface area contributed by atoms with Crippen LogP contribution in [0.25, 0.3) is 0 Å². The first-order chi connectivity index (χ1) is 17.8. The van der Waals surface area contributed by atoms with Crippen LogP contribution in [0.4, 0.5) is 0 Å². The molecule has 9 heteroatoms. The molecule has 0 aliphatic carbocycles. The predicted octanol–water partition coefficient (Wildman–Crippen LogP) is 1.95. The molecule has 1 aliphatic rings. The number of rotatable bonds is 10.